The third-order valence-corrected chi connectivity index (χ3v) is 5.04. The Kier molecular flexibility index (Phi) is 4.24. The predicted octanol–water partition coefficient (Wildman–Crippen LogP) is 4.53. The van der Waals surface area contributed by atoms with Crippen LogP contribution < -0.4 is 4.90 Å². The molecule has 1 aliphatic heterocycles. The Morgan fingerprint density at radius 1 is 1.15 bits per heavy atom. The number of carbonyl (C=O) groups excluding carboxylic acids is 1. The first-order valence-electron chi connectivity index (χ1n) is 8.48. The molecule has 0 N–H and O–H groups in total. The van der Waals surface area contributed by atoms with Gasteiger partial charge in [0, 0.05) is 29.2 Å². The lowest BCUT2D eigenvalue weighted by molar-refractivity contribution is -0.117. The molecule has 1 aliphatic rings. The molecule has 3 aromatic rings. The summed E-state index contributed by atoms with van der Waals surface area (Å²) >= 11 is 6.02. The minimum absolute atomic E-state index is 0.0701. The molecule has 26 heavy (non-hydrogen) atoms. The molecular formula is C20H18ClN3O2. The second-order valence-corrected chi connectivity index (χ2v) is 7.08. The highest BCUT2D eigenvalue weighted by Gasteiger charge is 2.35. The Labute approximate surface area is 156 Å². The van der Waals surface area contributed by atoms with E-state index in [4.69, 9.17) is 16.1 Å². The molecule has 0 spiro atoms. The maximum Gasteiger partial charge on any atom is 0.232 e. The Hall–Kier alpha value is -2.66. The van der Waals surface area contributed by atoms with Crippen molar-refractivity contribution in [2.45, 2.75) is 26.2 Å². The highest BCUT2D eigenvalue weighted by Crippen LogP contribution is 2.32. The van der Waals surface area contributed by atoms with Crippen LogP contribution in [0, 0.1) is 13.8 Å². The molecule has 0 bridgehead atoms. The van der Waals surface area contributed by atoms with Gasteiger partial charge >= 0.3 is 0 Å². The van der Waals surface area contributed by atoms with Crippen LogP contribution in [0.2, 0.25) is 5.02 Å². The van der Waals surface area contributed by atoms with Gasteiger partial charge in [0.15, 0.2) is 0 Å². The van der Waals surface area contributed by atoms with Crippen LogP contribution in [0.3, 0.4) is 0 Å². The number of nitrogens with zero attached hydrogens (tertiary/aromatic N) is 3. The third-order valence-electron chi connectivity index (χ3n) is 4.80. The summed E-state index contributed by atoms with van der Waals surface area (Å²) in [6.45, 7) is 4.65. The summed E-state index contributed by atoms with van der Waals surface area (Å²) in [5, 5.41) is 4.66. The van der Waals surface area contributed by atoms with Gasteiger partial charge in [-0.2, -0.15) is 4.98 Å². The topological polar surface area (TPSA) is 59.2 Å². The number of aryl methyl sites for hydroxylation is 2. The smallest absolute Gasteiger partial charge is 0.232 e. The lowest BCUT2D eigenvalue weighted by Crippen LogP contribution is -2.24. The van der Waals surface area contributed by atoms with E-state index in [2.05, 4.69) is 17.1 Å². The van der Waals surface area contributed by atoms with Crippen molar-refractivity contribution in [3.63, 3.8) is 0 Å². The average molecular weight is 368 g/mol. The van der Waals surface area contributed by atoms with E-state index in [1.165, 1.54) is 11.1 Å². The monoisotopic (exact) mass is 367 g/mol. The highest BCUT2D eigenvalue weighted by molar-refractivity contribution is 6.30. The molecule has 0 aliphatic carbocycles. The summed E-state index contributed by atoms with van der Waals surface area (Å²) in [7, 11) is 0. The molecule has 1 saturated heterocycles. The van der Waals surface area contributed by atoms with Gasteiger partial charge in [-0.15, -0.1) is 0 Å². The molecule has 1 fully saturated rings. The largest absolute Gasteiger partial charge is 0.339 e. The minimum Gasteiger partial charge on any atom is -0.339 e. The summed E-state index contributed by atoms with van der Waals surface area (Å²) in [4.78, 5) is 18.8. The van der Waals surface area contributed by atoms with Crippen molar-refractivity contribution in [2.75, 3.05) is 11.4 Å². The maximum atomic E-state index is 12.5. The number of hydrogen-bond donors (Lipinski definition) is 0. The van der Waals surface area contributed by atoms with Crippen molar-refractivity contribution in [3.8, 4) is 11.4 Å². The van der Waals surface area contributed by atoms with Crippen LogP contribution in [-0.2, 0) is 4.79 Å². The second kappa shape index (κ2) is 6.57. The van der Waals surface area contributed by atoms with Gasteiger partial charge in [0.25, 0.3) is 0 Å². The Bertz CT molecular complexity index is 983. The lowest BCUT2D eigenvalue weighted by atomic mass is 10.1. The second-order valence-electron chi connectivity index (χ2n) is 6.64. The Balaban J connectivity index is 1.56. The van der Waals surface area contributed by atoms with Crippen LogP contribution in [0.15, 0.2) is 47.0 Å². The van der Waals surface area contributed by atoms with Gasteiger partial charge in [-0.05, 0) is 49.2 Å². The van der Waals surface area contributed by atoms with E-state index in [1.807, 2.05) is 37.3 Å². The molecule has 1 aromatic heterocycles. The van der Waals surface area contributed by atoms with Gasteiger partial charge in [-0.25, -0.2) is 0 Å². The van der Waals surface area contributed by atoms with Gasteiger partial charge in [0.2, 0.25) is 17.6 Å². The fraction of sp³-hybridized carbons (Fsp3) is 0.250. The van der Waals surface area contributed by atoms with Crippen LogP contribution in [-0.4, -0.2) is 22.6 Å². The number of hydrogen-bond acceptors (Lipinski definition) is 4. The number of anilines is 1. The Morgan fingerprint density at radius 2 is 2.00 bits per heavy atom. The molecule has 132 valence electrons. The number of benzene rings is 2. The molecule has 0 saturated carbocycles. The van der Waals surface area contributed by atoms with Crippen molar-refractivity contribution in [1.82, 2.24) is 10.1 Å². The first kappa shape index (κ1) is 16.8. The van der Waals surface area contributed by atoms with Crippen molar-refractivity contribution in [1.29, 1.82) is 0 Å². The molecule has 2 aromatic carbocycles. The molecule has 1 atom stereocenters. The lowest BCUT2D eigenvalue weighted by Gasteiger charge is -2.17. The van der Waals surface area contributed by atoms with Crippen molar-refractivity contribution >= 4 is 23.2 Å². The van der Waals surface area contributed by atoms with Crippen LogP contribution >= 0.6 is 11.6 Å². The first-order valence-corrected chi connectivity index (χ1v) is 8.86. The van der Waals surface area contributed by atoms with E-state index >= 15 is 0 Å². The molecule has 6 heteroatoms. The standard InChI is InChI=1S/C20H18ClN3O2/c1-12-6-7-17(8-13(12)2)24-11-15(10-18(24)25)20-22-19(23-26-20)14-4-3-5-16(21)9-14/h3-9,15H,10-11H2,1-2H3/t15-/m1/s1. The predicted molar refractivity (Wildman–Crippen MR) is 100 cm³/mol. The zero-order valence-corrected chi connectivity index (χ0v) is 15.3. The van der Waals surface area contributed by atoms with Gasteiger partial charge < -0.3 is 9.42 Å². The molecule has 1 amide bonds. The quantitative estimate of drug-likeness (QED) is 0.682. The summed E-state index contributed by atoms with van der Waals surface area (Å²) in [5.74, 6) is 0.935. The van der Waals surface area contributed by atoms with E-state index in [9.17, 15) is 4.79 Å². The van der Waals surface area contributed by atoms with E-state index in [0.717, 1.165) is 11.3 Å². The number of halogens is 1. The van der Waals surface area contributed by atoms with Crippen LogP contribution in [0.5, 0.6) is 0 Å². The zero-order valence-electron chi connectivity index (χ0n) is 14.6. The summed E-state index contributed by atoms with van der Waals surface area (Å²) in [6.07, 6.45) is 0.365. The maximum absolute atomic E-state index is 12.5. The van der Waals surface area contributed by atoms with Gasteiger partial charge in [-0.3, -0.25) is 4.79 Å². The van der Waals surface area contributed by atoms with Crippen molar-refractivity contribution < 1.29 is 9.32 Å². The van der Waals surface area contributed by atoms with E-state index in [-0.39, 0.29) is 11.8 Å². The number of amides is 1. The highest BCUT2D eigenvalue weighted by atomic mass is 35.5. The molecule has 0 unspecified atom stereocenters. The molecule has 2 heterocycles. The summed E-state index contributed by atoms with van der Waals surface area (Å²) in [5.41, 5.74) is 4.08. The van der Waals surface area contributed by atoms with Crippen LogP contribution in [0.25, 0.3) is 11.4 Å². The molecule has 4 rings (SSSR count). The number of rotatable bonds is 3. The normalized spacial score (nSPS) is 17.1. The SMILES string of the molecule is Cc1ccc(N2C[C@H](c3nc(-c4cccc(Cl)c4)no3)CC2=O)cc1C. The van der Waals surface area contributed by atoms with Crippen LogP contribution in [0.4, 0.5) is 5.69 Å². The first-order chi connectivity index (χ1) is 12.5. The van der Waals surface area contributed by atoms with E-state index in [0.29, 0.717) is 29.7 Å². The van der Waals surface area contributed by atoms with Crippen molar-refractivity contribution in [3.05, 3.63) is 64.5 Å². The summed E-state index contributed by atoms with van der Waals surface area (Å²) < 4.78 is 5.44. The Morgan fingerprint density at radius 3 is 2.77 bits per heavy atom. The molecule has 0 radical (unpaired) electrons. The fourth-order valence-corrected chi connectivity index (χ4v) is 3.35. The third kappa shape index (κ3) is 3.10. The number of carbonyl (C=O) groups is 1. The number of aromatic nitrogens is 2. The minimum atomic E-state index is -0.107. The van der Waals surface area contributed by atoms with Gasteiger partial charge in [-0.1, -0.05) is 35.0 Å². The van der Waals surface area contributed by atoms with E-state index in [1.54, 1.807) is 17.0 Å². The van der Waals surface area contributed by atoms with Gasteiger partial charge in [0.05, 0.1) is 5.92 Å². The molecular weight excluding hydrogens is 350 g/mol. The fourth-order valence-electron chi connectivity index (χ4n) is 3.16. The zero-order chi connectivity index (χ0) is 18.3. The average Bonchev–Trinajstić information content (AvgIpc) is 3.24. The van der Waals surface area contributed by atoms with E-state index < -0.39 is 0 Å². The van der Waals surface area contributed by atoms with Crippen molar-refractivity contribution in [2.24, 2.45) is 0 Å². The van der Waals surface area contributed by atoms with Gasteiger partial charge in [0.1, 0.15) is 0 Å². The van der Waals surface area contributed by atoms with Crippen LogP contribution in [0.1, 0.15) is 29.4 Å². The molecule has 5 nitrogen and oxygen atoms in total. The summed E-state index contributed by atoms with van der Waals surface area (Å²) in [6, 6.07) is 13.4.